The molecular weight excluding hydrogens is 356 g/mol. The summed E-state index contributed by atoms with van der Waals surface area (Å²) in [5.74, 6) is -0.827. The summed E-state index contributed by atoms with van der Waals surface area (Å²) in [5.41, 5.74) is 0. The lowest BCUT2D eigenvalue weighted by Gasteiger charge is -2.16. The number of hydrogen-bond acceptors (Lipinski definition) is 5. The Morgan fingerprint density at radius 3 is 1.46 bits per heavy atom. The molecule has 0 aliphatic heterocycles. The van der Waals surface area contributed by atoms with Gasteiger partial charge in [0.2, 0.25) is 0 Å². The molecule has 28 heavy (non-hydrogen) atoms. The van der Waals surface area contributed by atoms with Gasteiger partial charge in [0, 0.05) is 0 Å². The minimum atomic E-state index is -0.679. The lowest BCUT2D eigenvalue weighted by atomic mass is 10.2. The van der Waals surface area contributed by atoms with Crippen molar-refractivity contribution >= 4 is 11.9 Å². The van der Waals surface area contributed by atoms with Crippen LogP contribution in [-0.2, 0) is 19.1 Å². The molecule has 5 heteroatoms. The van der Waals surface area contributed by atoms with Gasteiger partial charge in [0.15, 0.2) is 0 Å². The number of aliphatic hydroxyl groups excluding tert-OH is 1. The first kappa shape index (κ1) is 71.4. The Kier molecular flexibility index (Phi) is 115. The van der Waals surface area contributed by atoms with E-state index in [1.54, 1.807) is 6.92 Å². The highest BCUT2D eigenvalue weighted by molar-refractivity contribution is 5.72. The second-order valence-corrected chi connectivity index (χ2v) is 4.21. The van der Waals surface area contributed by atoms with Gasteiger partial charge in [0.05, 0.1) is 25.6 Å². The van der Waals surface area contributed by atoms with Gasteiger partial charge in [-0.25, -0.2) is 0 Å². The molecule has 2 unspecified atom stereocenters. The summed E-state index contributed by atoms with van der Waals surface area (Å²) >= 11 is 0. The average Bonchev–Trinajstić information content (AvgIpc) is 2.35. The lowest BCUT2D eigenvalue weighted by Crippen LogP contribution is -2.24. The Labute approximate surface area is 182 Å². The van der Waals surface area contributed by atoms with E-state index in [-0.39, 0.29) is 93.1 Å². The molecular formula is C23H64O5. The highest BCUT2D eigenvalue weighted by atomic mass is 16.6. The van der Waals surface area contributed by atoms with E-state index < -0.39 is 18.2 Å². The van der Waals surface area contributed by atoms with E-state index >= 15 is 0 Å². The fourth-order valence-electron chi connectivity index (χ4n) is 1.30. The first-order chi connectivity index (χ1) is 8.53. The van der Waals surface area contributed by atoms with E-state index in [2.05, 4.69) is 0 Å². The molecule has 0 aromatic carbocycles. The van der Waals surface area contributed by atoms with Gasteiger partial charge in [-0.3, -0.25) is 9.59 Å². The zero-order valence-electron chi connectivity index (χ0n) is 11.5. The Balaban J connectivity index is -0.0000000321. The second-order valence-electron chi connectivity index (χ2n) is 4.21. The minimum absolute atomic E-state index is 0. The van der Waals surface area contributed by atoms with Gasteiger partial charge in [-0.15, -0.1) is 0 Å². The Hall–Kier alpha value is -1.10. The van der Waals surface area contributed by atoms with Crippen LogP contribution in [0.25, 0.3) is 0 Å². The first-order valence-corrected chi connectivity index (χ1v) is 6.56. The third-order valence-corrected chi connectivity index (χ3v) is 2.49. The van der Waals surface area contributed by atoms with Gasteiger partial charge in [-0.2, -0.15) is 0 Å². The second kappa shape index (κ2) is 45.0. The number of carbonyl (C=O) groups is 2. The van der Waals surface area contributed by atoms with Crippen molar-refractivity contribution in [3.63, 3.8) is 0 Å². The van der Waals surface area contributed by atoms with E-state index in [9.17, 15) is 14.7 Å². The highest BCUT2D eigenvalue weighted by Crippen LogP contribution is 2.08. The summed E-state index contributed by atoms with van der Waals surface area (Å²) in [7, 11) is 0. The van der Waals surface area contributed by atoms with E-state index in [1.165, 1.54) is 0 Å². The summed E-state index contributed by atoms with van der Waals surface area (Å²) in [6.45, 7) is 5.92. The largest absolute Gasteiger partial charge is 0.466 e. The van der Waals surface area contributed by atoms with Gasteiger partial charge >= 0.3 is 11.9 Å². The van der Waals surface area contributed by atoms with Crippen molar-refractivity contribution in [1.82, 2.24) is 0 Å². The van der Waals surface area contributed by atoms with Gasteiger partial charge in [0.25, 0.3) is 0 Å². The number of rotatable bonds is 9. The van der Waals surface area contributed by atoms with Crippen LogP contribution < -0.4 is 0 Å². The van der Waals surface area contributed by atoms with Crippen molar-refractivity contribution in [2.75, 3.05) is 6.61 Å². The van der Waals surface area contributed by atoms with Crippen molar-refractivity contribution in [3.05, 3.63) is 0 Å². The molecule has 0 heterocycles. The van der Waals surface area contributed by atoms with Crippen molar-refractivity contribution in [1.29, 1.82) is 0 Å². The van der Waals surface area contributed by atoms with Crippen molar-refractivity contribution in [2.24, 2.45) is 0 Å². The first-order valence-electron chi connectivity index (χ1n) is 6.56. The molecule has 0 aromatic heterocycles. The summed E-state index contributed by atoms with van der Waals surface area (Å²) in [4.78, 5) is 22.8. The standard InChI is InChI=1S/C13H24O5.10CH4/c1-4-7-17-12(15)9-11(6-3)18-13(16)8-10(14)5-2;;;;;;;;;;/h10-11,14H,4-9H2,1-3H3;10*1H4. The van der Waals surface area contributed by atoms with Gasteiger partial charge in [-0.05, 0) is 19.3 Å². The maximum Gasteiger partial charge on any atom is 0.309 e. The predicted molar refractivity (Wildman–Crippen MR) is 134 cm³/mol. The summed E-state index contributed by atoms with van der Waals surface area (Å²) in [6, 6.07) is 0. The Bertz CT molecular complexity index is 255. The molecule has 0 saturated carbocycles. The molecule has 186 valence electrons. The fourth-order valence-corrected chi connectivity index (χ4v) is 1.30. The zero-order valence-corrected chi connectivity index (χ0v) is 11.5. The average molecular weight is 421 g/mol. The third kappa shape index (κ3) is 39.8. The molecule has 0 saturated heterocycles. The molecule has 0 spiro atoms. The van der Waals surface area contributed by atoms with E-state index in [0.29, 0.717) is 19.4 Å². The lowest BCUT2D eigenvalue weighted by molar-refractivity contribution is -0.156. The smallest absolute Gasteiger partial charge is 0.309 e. The highest BCUT2D eigenvalue weighted by Gasteiger charge is 2.19. The van der Waals surface area contributed by atoms with Crippen LogP contribution in [0.5, 0.6) is 0 Å². The molecule has 0 bridgehead atoms. The van der Waals surface area contributed by atoms with Crippen LogP contribution >= 0.6 is 0 Å². The monoisotopic (exact) mass is 420 g/mol. The van der Waals surface area contributed by atoms with Crippen LogP contribution in [-0.4, -0.2) is 35.9 Å². The van der Waals surface area contributed by atoms with Gasteiger partial charge in [0.1, 0.15) is 6.10 Å². The molecule has 0 radical (unpaired) electrons. The Morgan fingerprint density at radius 2 is 1.14 bits per heavy atom. The topological polar surface area (TPSA) is 72.8 Å². The van der Waals surface area contributed by atoms with Crippen molar-refractivity contribution in [2.45, 2.75) is 139 Å². The van der Waals surface area contributed by atoms with Crippen LogP contribution in [0.3, 0.4) is 0 Å². The normalized spacial score (nSPS) is 8.86. The minimum Gasteiger partial charge on any atom is -0.466 e. The molecule has 5 nitrogen and oxygen atoms in total. The quantitative estimate of drug-likeness (QED) is 0.381. The fraction of sp³-hybridized carbons (Fsp3) is 0.913. The molecule has 0 aliphatic carbocycles. The molecule has 0 amide bonds. The van der Waals surface area contributed by atoms with Crippen molar-refractivity contribution < 1.29 is 24.2 Å². The summed E-state index contributed by atoms with van der Waals surface area (Å²) < 4.78 is 10.1. The van der Waals surface area contributed by atoms with Crippen LogP contribution in [0.15, 0.2) is 0 Å². The molecule has 1 N–H and O–H groups in total. The number of aliphatic hydroxyl groups is 1. The summed E-state index contributed by atoms with van der Waals surface area (Å²) in [5, 5.41) is 9.32. The number of hydrogen-bond donors (Lipinski definition) is 1. The van der Waals surface area contributed by atoms with Crippen LogP contribution in [0.4, 0.5) is 0 Å². The molecule has 0 aliphatic rings. The molecule has 0 rings (SSSR count). The zero-order chi connectivity index (χ0) is 14.0. The number of ether oxygens (including phenoxy) is 2. The van der Waals surface area contributed by atoms with E-state index in [0.717, 1.165) is 6.42 Å². The predicted octanol–water partition coefficient (Wildman–Crippen LogP) is 8.17. The van der Waals surface area contributed by atoms with E-state index in [1.807, 2.05) is 13.8 Å². The van der Waals surface area contributed by atoms with E-state index in [4.69, 9.17) is 9.47 Å². The Morgan fingerprint density at radius 1 is 0.714 bits per heavy atom. The molecule has 0 fully saturated rings. The summed E-state index contributed by atoms with van der Waals surface area (Å²) in [6.07, 6.45) is 0.722. The molecule has 2 atom stereocenters. The third-order valence-electron chi connectivity index (χ3n) is 2.49. The van der Waals surface area contributed by atoms with Gasteiger partial charge in [-0.1, -0.05) is 95.0 Å². The maximum atomic E-state index is 11.4. The van der Waals surface area contributed by atoms with Crippen LogP contribution in [0.2, 0.25) is 0 Å². The number of esters is 2. The SMILES string of the molecule is C.C.C.C.C.C.C.C.C.C.CCCOC(=O)CC(CC)OC(=O)CC(O)CC. The van der Waals surface area contributed by atoms with Gasteiger partial charge < -0.3 is 14.6 Å². The van der Waals surface area contributed by atoms with Crippen LogP contribution in [0, 0.1) is 0 Å². The molecule has 0 aromatic rings. The van der Waals surface area contributed by atoms with Crippen LogP contribution in [0.1, 0.15) is 127 Å². The number of carbonyl (C=O) groups excluding carboxylic acids is 2. The van der Waals surface area contributed by atoms with Crippen molar-refractivity contribution in [3.8, 4) is 0 Å². The maximum absolute atomic E-state index is 11.4.